The highest BCUT2D eigenvalue weighted by Gasteiger charge is 2.37. The van der Waals surface area contributed by atoms with E-state index < -0.39 is 20.9 Å². The van der Waals surface area contributed by atoms with Crippen molar-refractivity contribution in [1.82, 2.24) is 4.31 Å². The zero-order valence-corrected chi connectivity index (χ0v) is 9.84. The summed E-state index contributed by atoms with van der Waals surface area (Å²) in [7, 11) is -3.26. The first-order chi connectivity index (χ1) is 6.25. The lowest BCUT2D eigenvalue weighted by molar-refractivity contribution is 0.107. The van der Waals surface area contributed by atoms with Crippen LogP contribution in [0.25, 0.3) is 0 Å². The minimum Gasteiger partial charge on any atom is -0.392 e. The fourth-order valence-electron chi connectivity index (χ4n) is 1.53. The highest BCUT2D eigenvalue weighted by Crippen LogP contribution is 2.23. The molecule has 84 valence electrons. The molecule has 1 saturated heterocycles. The van der Waals surface area contributed by atoms with Crippen LogP contribution in [-0.4, -0.2) is 41.8 Å². The van der Waals surface area contributed by atoms with Gasteiger partial charge in [0.25, 0.3) is 0 Å². The van der Waals surface area contributed by atoms with Crippen LogP contribution in [0.15, 0.2) is 0 Å². The Kier molecular flexibility index (Phi) is 3.23. The molecule has 1 aliphatic rings. The second-order valence-electron chi connectivity index (χ2n) is 4.77. The van der Waals surface area contributed by atoms with Crippen molar-refractivity contribution in [3.63, 3.8) is 0 Å². The number of aliphatic hydroxyl groups is 1. The summed E-state index contributed by atoms with van der Waals surface area (Å²) in [6.07, 6.45) is 0.952. The van der Waals surface area contributed by atoms with Crippen LogP contribution < -0.4 is 0 Å². The Morgan fingerprint density at radius 3 is 2.36 bits per heavy atom. The average molecular weight is 221 g/mol. The minimum absolute atomic E-state index is 0.250. The van der Waals surface area contributed by atoms with E-state index in [0.29, 0.717) is 13.0 Å². The van der Waals surface area contributed by atoms with E-state index in [1.807, 2.05) is 0 Å². The van der Waals surface area contributed by atoms with Crippen molar-refractivity contribution in [3.05, 3.63) is 0 Å². The SMILES string of the molecule is CC(C)(C)S(=O)(=O)N1CCC[C@H](O)C1. The first-order valence-corrected chi connectivity index (χ1v) is 6.37. The predicted molar refractivity (Wildman–Crippen MR) is 55.5 cm³/mol. The standard InChI is InChI=1S/C9H19NO3S/c1-9(2,3)14(12,13)10-6-4-5-8(11)7-10/h8,11H,4-7H2,1-3H3/t8-/m0/s1. The number of aliphatic hydroxyl groups excluding tert-OH is 1. The Bertz CT molecular complexity index is 292. The van der Waals surface area contributed by atoms with Crippen LogP contribution in [0.5, 0.6) is 0 Å². The number of hydrogen-bond donors (Lipinski definition) is 1. The van der Waals surface area contributed by atoms with Gasteiger partial charge in [-0.1, -0.05) is 0 Å². The smallest absolute Gasteiger partial charge is 0.219 e. The molecule has 4 nitrogen and oxygen atoms in total. The molecular weight excluding hydrogens is 202 g/mol. The van der Waals surface area contributed by atoms with Gasteiger partial charge in [0.1, 0.15) is 0 Å². The summed E-state index contributed by atoms with van der Waals surface area (Å²) in [4.78, 5) is 0. The Morgan fingerprint density at radius 1 is 1.36 bits per heavy atom. The first-order valence-electron chi connectivity index (χ1n) is 4.93. The Labute approximate surface area is 86.0 Å². The molecule has 0 aromatic carbocycles. The van der Waals surface area contributed by atoms with E-state index >= 15 is 0 Å². The van der Waals surface area contributed by atoms with Gasteiger partial charge in [0.05, 0.1) is 10.9 Å². The molecule has 0 aromatic rings. The average Bonchev–Trinajstić information content (AvgIpc) is 2.02. The molecule has 0 aliphatic carbocycles. The van der Waals surface area contributed by atoms with E-state index in [0.717, 1.165) is 6.42 Å². The van der Waals surface area contributed by atoms with E-state index in [2.05, 4.69) is 0 Å². The number of β-amino-alcohol motifs (C(OH)–C–C–N with tert-alkyl or cyclic N) is 1. The maximum absolute atomic E-state index is 12.0. The van der Waals surface area contributed by atoms with E-state index in [1.54, 1.807) is 20.8 Å². The third-order valence-corrected chi connectivity index (χ3v) is 5.03. The zero-order valence-electron chi connectivity index (χ0n) is 9.02. The molecule has 0 aromatic heterocycles. The van der Waals surface area contributed by atoms with Crippen LogP contribution in [0.2, 0.25) is 0 Å². The second-order valence-corrected chi connectivity index (χ2v) is 7.46. The van der Waals surface area contributed by atoms with Gasteiger partial charge in [0, 0.05) is 13.1 Å². The lowest BCUT2D eigenvalue weighted by Crippen LogP contribution is -2.48. The van der Waals surface area contributed by atoms with Gasteiger partial charge in [-0.15, -0.1) is 0 Å². The summed E-state index contributed by atoms with van der Waals surface area (Å²) in [6, 6.07) is 0. The maximum atomic E-state index is 12.0. The lowest BCUT2D eigenvalue weighted by Gasteiger charge is -2.34. The van der Waals surface area contributed by atoms with Crippen molar-refractivity contribution >= 4 is 10.0 Å². The van der Waals surface area contributed by atoms with Crippen LogP contribution in [-0.2, 0) is 10.0 Å². The summed E-state index contributed by atoms with van der Waals surface area (Å²) < 4.78 is 24.6. The Hall–Kier alpha value is -0.130. The van der Waals surface area contributed by atoms with Crippen LogP contribution in [0.1, 0.15) is 33.6 Å². The third kappa shape index (κ3) is 2.27. The minimum atomic E-state index is -3.26. The summed E-state index contributed by atoms with van der Waals surface area (Å²) in [5.41, 5.74) is 0. The molecule has 1 atom stereocenters. The number of rotatable bonds is 1. The van der Waals surface area contributed by atoms with Crippen molar-refractivity contribution < 1.29 is 13.5 Å². The fourth-order valence-corrected chi connectivity index (χ4v) is 3.04. The lowest BCUT2D eigenvalue weighted by atomic mass is 10.1. The normalized spacial score (nSPS) is 26.4. The molecule has 0 spiro atoms. The van der Waals surface area contributed by atoms with Gasteiger partial charge in [0.15, 0.2) is 0 Å². The topological polar surface area (TPSA) is 57.6 Å². The number of nitrogens with zero attached hydrogens (tertiary/aromatic N) is 1. The van der Waals surface area contributed by atoms with Gasteiger partial charge in [-0.25, -0.2) is 8.42 Å². The summed E-state index contributed by atoms with van der Waals surface area (Å²) >= 11 is 0. The Morgan fingerprint density at radius 2 is 1.93 bits per heavy atom. The summed E-state index contributed by atoms with van der Waals surface area (Å²) in [6.45, 7) is 5.84. The number of hydrogen-bond acceptors (Lipinski definition) is 3. The first kappa shape index (κ1) is 11.9. The molecule has 1 heterocycles. The molecule has 1 aliphatic heterocycles. The fraction of sp³-hybridized carbons (Fsp3) is 1.00. The van der Waals surface area contributed by atoms with Crippen LogP contribution in [0.3, 0.4) is 0 Å². The van der Waals surface area contributed by atoms with Crippen LogP contribution in [0.4, 0.5) is 0 Å². The molecule has 0 saturated carbocycles. The van der Waals surface area contributed by atoms with Crippen molar-refractivity contribution in [3.8, 4) is 0 Å². The summed E-state index contributed by atoms with van der Waals surface area (Å²) in [5.74, 6) is 0. The van der Waals surface area contributed by atoms with Crippen molar-refractivity contribution in [2.24, 2.45) is 0 Å². The molecule has 0 amide bonds. The van der Waals surface area contributed by atoms with Gasteiger partial charge in [0.2, 0.25) is 10.0 Å². The molecule has 0 unspecified atom stereocenters. The summed E-state index contributed by atoms with van der Waals surface area (Å²) in [5, 5.41) is 9.40. The van der Waals surface area contributed by atoms with E-state index in [9.17, 15) is 13.5 Å². The second kappa shape index (κ2) is 3.79. The van der Waals surface area contributed by atoms with Crippen LogP contribution >= 0.6 is 0 Å². The quantitative estimate of drug-likeness (QED) is 0.704. The largest absolute Gasteiger partial charge is 0.392 e. The number of sulfonamides is 1. The molecule has 1 N–H and O–H groups in total. The third-order valence-electron chi connectivity index (χ3n) is 2.47. The van der Waals surface area contributed by atoms with E-state index in [4.69, 9.17) is 0 Å². The van der Waals surface area contributed by atoms with Crippen molar-refractivity contribution in [2.45, 2.75) is 44.5 Å². The van der Waals surface area contributed by atoms with E-state index in [1.165, 1.54) is 4.31 Å². The molecular formula is C9H19NO3S. The molecule has 14 heavy (non-hydrogen) atoms. The van der Waals surface area contributed by atoms with Gasteiger partial charge in [-0.3, -0.25) is 0 Å². The molecule has 5 heteroatoms. The molecule has 0 radical (unpaired) electrons. The Balaban J connectivity index is 2.83. The molecule has 1 fully saturated rings. The predicted octanol–water partition coefficient (Wildman–Crippen LogP) is 0.571. The highest BCUT2D eigenvalue weighted by atomic mass is 32.2. The highest BCUT2D eigenvalue weighted by molar-refractivity contribution is 7.90. The zero-order chi connectivity index (χ0) is 11.0. The van der Waals surface area contributed by atoms with Crippen molar-refractivity contribution in [2.75, 3.05) is 13.1 Å². The van der Waals surface area contributed by atoms with Crippen molar-refractivity contribution in [1.29, 1.82) is 0 Å². The van der Waals surface area contributed by atoms with Gasteiger partial charge < -0.3 is 5.11 Å². The van der Waals surface area contributed by atoms with Gasteiger partial charge in [-0.2, -0.15) is 4.31 Å². The maximum Gasteiger partial charge on any atom is 0.219 e. The molecule has 0 bridgehead atoms. The van der Waals surface area contributed by atoms with Gasteiger partial charge >= 0.3 is 0 Å². The van der Waals surface area contributed by atoms with Gasteiger partial charge in [-0.05, 0) is 33.6 Å². The number of piperidine rings is 1. The van der Waals surface area contributed by atoms with E-state index in [-0.39, 0.29) is 6.54 Å². The monoisotopic (exact) mass is 221 g/mol. The molecule has 1 rings (SSSR count). The van der Waals surface area contributed by atoms with Crippen LogP contribution in [0, 0.1) is 0 Å².